The third-order valence-corrected chi connectivity index (χ3v) is 7.71. The lowest BCUT2D eigenvalue weighted by molar-refractivity contribution is -0.143. The quantitative estimate of drug-likeness (QED) is 0.210. The molecule has 3 aromatic carbocycles. The van der Waals surface area contributed by atoms with Crippen molar-refractivity contribution in [1.82, 2.24) is 0 Å². The second-order valence-corrected chi connectivity index (χ2v) is 10.1. The highest BCUT2D eigenvalue weighted by Gasteiger charge is 2.46. The molecule has 0 saturated heterocycles. The number of ether oxygens (including phenoxy) is 2. The summed E-state index contributed by atoms with van der Waals surface area (Å²) in [5.74, 6) is -0.631. The molecule has 0 N–H and O–H groups in total. The summed E-state index contributed by atoms with van der Waals surface area (Å²) in [6.07, 6.45) is -10.7. The van der Waals surface area contributed by atoms with Crippen LogP contribution >= 0.6 is 31.1 Å². The van der Waals surface area contributed by atoms with Crippen molar-refractivity contribution in [2.45, 2.75) is 12.4 Å². The Kier molecular flexibility index (Phi) is 8.47. The highest BCUT2D eigenvalue weighted by molar-refractivity contribution is 7.96. The summed E-state index contributed by atoms with van der Waals surface area (Å²) < 4.78 is 93.4. The molecule has 0 aliphatic carbocycles. The lowest BCUT2D eigenvalue weighted by Crippen LogP contribution is -2.24. The Balaban J connectivity index is 2.40. The third-order valence-electron chi connectivity index (χ3n) is 5.07. The molecule has 0 aliphatic rings. The lowest BCUT2D eigenvalue weighted by Gasteiger charge is -2.23. The summed E-state index contributed by atoms with van der Waals surface area (Å²) >= 11 is 12.3. The fraction of sp³-hybridized carbons (Fsp3) is 0.167. The van der Waals surface area contributed by atoms with Gasteiger partial charge in [0.05, 0.1) is 43.3 Å². The van der Waals surface area contributed by atoms with Crippen LogP contribution in [0.3, 0.4) is 0 Å². The summed E-state index contributed by atoms with van der Waals surface area (Å²) in [6.45, 7) is 0. The van der Waals surface area contributed by atoms with E-state index in [1.165, 1.54) is 36.4 Å². The predicted octanol–water partition coefficient (Wildman–Crippen LogP) is 7.84. The van der Waals surface area contributed by atoms with Crippen molar-refractivity contribution in [3.63, 3.8) is 0 Å². The van der Waals surface area contributed by atoms with Gasteiger partial charge in [-0.3, -0.25) is 9.59 Å². The van der Waals surface area contributed by atoms with E-state index in [4.69, 9.17) is 32.7 Å². The lowest BCUT2D eigenvalue weighted by atomic mass is 10.0. The first kappa shape index (κ1) is 28.8. The summed E-state index contributed by atoms with van der Waals surface area (Å²) in [5.41, 5.74) is -8.67. The highest BCUT2D eigenvalue weighted by atomic mass is 35.5. The van der Waals surface area contributed by atoms with Crippen LogP contribution in [-0.4, -0.2) is 25.3 Å². The van der Waals surface area contributed by atoms with Gasteiger partial charge in [-0.2, -0.15) is 26.3 Å². The van der Waals surface area contributed by atoms with Crippen molar-refractivity contribution < 1.29 is 45.4 Å². The van der Waals surface area contributed by atoms with Gasteiger partial charge >= 0.3 is 12.4 Å². The first-order chi connectivity index (χ1) is 17.2. The molecule has 0 radical (unpaired) electrons. The van der Waals surface area contributed by atoms with E-state index in [1.807, 2.05) is 0 Å². The van der Waals surface area contributed by atoms with Crippen LogP contribution in [0.2, 0.25) is 10.0 Å². The number of hydrogen-bond donors (Lipinski definition) is 0. The smallest absolute Gasteiger partial charge is 0.417 e. The Morgan fingerprint density at radius 3 is 1.54 bits per heavy atom. The minimum absolute atomic E-state index is 0.113. The highest BCUT2D eigenvalue weighted by Crippen LogP contribution is 2.52. The number of alkyl halides is 6. The van der Waals surface area contributed by atoms with Crippen molar-refractivity contribution in [1.29, 1.82) is 0 Å². The van der Waals surface area contributed by atoms with E-state index in [1.54, 1.807) is 0 Å². The van der Waals surface area contributed by atoms with Gasteiger partial charge in [-0.1, -0.05) is 59.6 Å². The molecule has 0 fully saturated rings. The van der Waals surface area contributed by atoms with Crippen LogP contribution < -0.4 is 14.8 Å². The van der Waals surface area contributed by atoms with E-state index in [9.17, 15) is 35.9 Å². The molecule has 37 heavy (non-hydrogen) atoms. The zero-order valence-electron chi connectivity index (χ0n) is 18.8. The van der Waals surface area contributed by atoms with Crippen LogP contribution in [0, 0.1) is 0 Å². The maximum absolute atomic E-state index is 13.9. The molecule has 3 rings (SSSR count). The number of benzene rings is 3. The van der Waals surface area contributed by atoms with Crippen molar-refractivity contribution >= 4 is 47.5 Å². The van der Waals surface area contributed by atoms with E-state index >= 15 is 0 Å². The summed E-state index contributed by atoms with van der Waals surface area (Å²) in [6, 6.07) is 9.16. The number of rotatable bonds is 7. The first-order valence-corrected chi connectivity index (χ1v) is 12.1. The summed E-state index contributed by atoms with van der Waals surface area (Å²) in [5, 5.41) is -0.504. The van der Waals surface area contributed by atoms with E-state index in [0.29, 0.717) is 18.2 Å². The molecule has 0 spiro atoms. The van der Waals surface area contributed by atoms with Crippen molar-refractivity contribution in [2.24, 2.45) is 0 Å². The second-order valence-electron chi connectivity index (χ2n) is 7.29. The maximum atomic E-state index is 13.9. The molecular formula is C24H15Cl2F6O4P. The monoisotopic (exact) mass is 582 g/mol. The number of halogens is 8. The Bertz CT molecular complexity index is 1280. The summed E-state index contributed by atoms with van der Waals surface area (Å²) in [4.78, 5) is 27.6. The normalized spacial score (nSPS) is 12.7. The average molecular weight is 583 g/mol. The van der Waals surface area contributed by atoms with E-state index in [-0.39, 0.29) is 26.8 Å². The van der Waals surface area contributed by atoms with Gasteiger partial charge in [0.15, 0.2) is 17.0 Å². The number of carbonyl (C=O) groups is 2. The van der Waals surface area contributed by atoms with Gasteiger partial charge in [-0.25, -0.2) is 0 Å². The molecule has 0 aromatic heterocycles. The molecular weight excluding hydrogens is 568 g/mol. The fourth-order valence-corrected chi connectivity index (χ4v) is 6.19. The minimum atomic E-state index is -5.33. The zero-order valence-corrected chi connectivity index (χ0v) is 21.2. The molecule has 1 unspecified atom stereocenters. The van der Waals surface area contributed by atoms with Crippen molar-refractivity contribution in [3.8, 4) is 11.5 Å². The van der Waals surface area contributed by atoms with Crippen LogP contribution in [0.4, 0.5) is 26.3 Å². The Hall–Kier alpha value is -2.81. The standard InChI is InChI=1S/C24H15Cl2F6O4P/c1-35-19-15(25)11-16(26)20(36-2)18(19)22(34)37(12-7-4-3-5-8-12)21(33)17-13(23(27,28)29)9-6-10-14(17)24(30,31)32/h3-11H,1-2H3. The predicted molar refractivity (Wildman–Crippen MR) is 128 cm³/mol. The minimum Gasteiger partial charge on any atom is -0.494 e. The largest absolute Gasteiger partial charge is 0.494 e. The molecule has 0 heterocycles. The molecule has 0 amide bonds. The van der Waals surface area contributed by atoms with Gasteiger partial charge in [-0.05, 0) is 23.5 Å². The first-order valence-electron chi connectivity index (χ1n) is 10.0. The van der Waals surface area contributed by atoms with Gasteiger partial charge in [0.25, 0.3) is 0 Å². The Morgan fingerprint density at radius 2 is 1.14 bits per heavy atom. The van der Waals surface area contributed by atoms with Crippen LogP contribution in [0.5, 0.6) is 11.5 Å². The molecule has 0 bridgehead atoms. The van der Waals surface area contributed by atoms with E-state index in [2.05, 4.69) is 0 Å². The molecule has 0 aliphatic heterocycles. The molecule has 1 atom stereocenters. The van der Waals surface area contributed by atoms with Gasteiger partial charge in [0.1, 0.15) is 5.56 Å². The van der Waals surface area contributed by atoms with Gasteiger partial charge in [0.2, 0.25) is 5.52 Å². The van der Waals surface area contributed by atoms with E-state index in [0.717, 1.165) is 14.2 Å². The summed E-state index contributed by atoms with van der Waals surface area (Å²) in [7, 11) is -0.834. The second kappa shape index (κ2) is 10.9. The molecule has 196 valence electrons. The van der Waals surface area contributed by atoms with Gasteiger partial charge in [0, 0.05) is 5.56 Å². The Labute approximate surface area is 217 Å². The van der Waals surface area contributed by atoms with Crippen molar-refractivity contribution in [2.75, 3.05) is 14.2 Å². The zero-order chi connectivity index (χ0) is 27.7. The number of hydrogen-bond acceptors (Lipinski definition) is 4. The van der Waals surface area contributed by atoms with Crippen LogP contribution in [0.1, 0.15) is 31.8 Å². The molecule has 13 heteroatoms. The van der Waals surface area contributed by atoms with Gasteiger partial charge in [-0.15, -0.1) is 0 Å². The fourth-order valence-electron chi connectivity index (χ4n) is 3.56. The number of carbonyl (C=O) groups excluding carboxylic acids is 2. The van der Waals surface area contributed by atoms with Gasteiger partial charge < -0.3 is 9.47 Å². The van der Waals surface area contributed by atoms with Crippen LogP contribution in [-0.2, 0) is 12.4 Å². The van der Waals surface area contributed by atoms with Crippen LogP contribution in [0.15, 0.2) is 54.6 Å². The van der Waals surface area contributed by atoms with Crippen LogP contribution in [0.25, 0.3) is 0 Å². The molecule has 0 saturated carbocycles. The van der Waals surface area contributed by atoms with Crippen molar-refractivity contribution in [3.05, 3.63) is 86.9 Å². The topological polar surface area (TPSA) is 52.6 Å². The average Bonchev–Trinajstić information content (AvgIpc) is 2.82. The maximum Gasteiger partial charge on any atom is 0.417 e. The third kappa shape index (κ3) is 5.71. The number of methoxy groups -OCH3 is 2. The van der Waals surface area contributed by atoms with E-state index < -0.39 is 53.6 Å². The SMILES string of the molecule is COc1c(Cl)cc(Cl)c(OC)c1C(=O)P(C(=O)c1c(C(F)(F)F)cccc1C(F)(F)F)c1ccccc1. The molecule has 4 nitrogen and oxygen atoms in total. The molecule has 3 aromatic rings. The Morgan fingerprint density at radius 1 is 0.703 bits per heavy atom.